The Balaban J connectivity index is 1.44. The van der Waals surface area contributed by atoms with Gasteiger partial charge in [0.05, 0.1) is 6.42 Å². The van der Waals surface area contributed by atoms with Crippen molar-refractivity contribution < 1.29 is 14.0 Å². The zero-order chi connectivity index (χ0) is 23.4. The number of benzene rings is 2. The van der Waals surface area contributed by atoms with Gasteiger partial charge < -0.3 is 20.5 Å². The highest BCUT2D eigenvalue weighted by Crippen LogP contribution is 2.25. The summed E-state index contributed by atoms with van der Waals surface area (Å²) in [6, 6.07) is 11.7. The van der Waals surface area contributed by atoms with Crippen LogP contribution in [-0.2, 0) is 16.0 Å². The molecule has 3 aromatic rings. The smallest absolute Gasteiger partial charge is 0.246 e. The van der Waals surface area contributed by atoms with Gasteiger partial charge in [-0.05, 0) is 68.1 Å². The van der Waals surface area contributed by atoms with E-state index in [0.29, 0.717) is 11.8 Å². The Morgan fingerprint density at radius 1 is 1.15 bits per heavy atom. The highest BCUT2D eigenvalue weighted by Gasteiger charge is 2.22. The normalized spacial score (nSPS) is 14.5. The SMILES string of the molecule is CCCC(NC(=O)Cc1c(C)[nH]c2ccc(F)cc12)C(=O)Nc1cccc(N2CCCC2)c1. The second-order valence-electron chi connectivity index (χ2n) is 8.74. The number of hydrogen-bond acceptors (Lipinski definition) is 3. The quantitative estimate of drug-likeness (QED) is 0.466. The first-order chi connectivity index (χ1) is 15.9. The minimum absolute atomic E-state index is 0.0766. The van der Waals surface area contributed by atoms with E-state index in [1.807, 2.05) is 32.0 Å². The van der Waals surface area contributed by atoms with Crippen molar-refractivity contribution in [3.05, 3.63) is 59.5 Å². The Morgan fingerprint density at radius 3 is 2.70 bits per heavy atom. The van der Waals surface area contributed by atoms with Crippen LogP contribution in [0.2, 0.25) is 0 Å². The van der Waals surface area contributed by atoms with Gasteiger partial charge in [-0.1, -0.05) is 19.4 Å². The van der Waals surface area contributed by atoms with Crippen LogP contribution < -0.4 is 15.5 Å². The number of carbonyl (C=O) groups excluding carboxylic acids is 2. The molecule has 7 heteroatoms. The Bertz CT molecular complexity index is 1150. The summed E-state index contributed by atoms with van der Waals surface area (Å²) in [7, 11) is 0. The average Bonchev–Trinajstić information content (AvgIpc) is 3.43. The fourth-order valence-corrected chi connectivity index (χ4v) is 4.53. The topological polar surface area (TPSA) is 77.2 Å². The molecule has 3 N–H and O–H groups in total. The Morgan fingerprint density at radius 2 is 1.94 bits per heavy atom. The molecule has 174 valence electrons. The van der Waals surface area contributed by atoms with Crippen molar-refractivity contribution in [3.8, 4) is 0 Å². The van der Waals surface area contributed by atoms with Crippen molar-refractivity contribution in [1.82, 2.24) is 10.3 Å². The van der Waals surface area contributed by atoms with Crippen molar-refractivity contribution in [2.75, 3.05) is 23.3 Å². The third-order valence-corrected chi connectivity index (χ3v) is 6.23. The molecule has 6 nitrogen and oxygen atoms in total. The molecule has 2 amide bonds. The zero-order valence-electron chi connectivity index (χ0n) is 19.2. The minimum atomic E-state index is -0.639. The number of nitrogens with one attached hydrogen (secondary N) is 3. The molecule has 0 bridgehead atoms. The predicted octanol–water partition coefficient (Wildman–Crippen LogP) is 4.68. The summed E-state index contributed by atoms with van der Waals surface area (Å²) in [6.07, 6.45) is 3.73. The molecule has 0 saturated carbocycles. The van der Waals surface area contributed by atoms with Gasteiger partial charge in [0.1, 0.15) is 11.9 Å². The van der Waals surface area contributed by atoms with Crippen molar-refractivity contribution in [2.24, 2.45) is 0 Å². The molecule has 1 aliphatic rings. The number of amides is 2. The van der Waals surface area contributed by atoms with Crippen molar-refractivity contribution in [3.63, 3.8) is 0 Å². The lowest BCUT2D eigenvalue weighted by molar-refractivity contribution is -0.126. The first-order valence-corrected chi connectivity index (χ1v) is 11.7. The maximum Gasteiger partial charge on any atom is 0.246 e. The number of aryl methyl sites for hydroxylation is 1. The van der Waals surface area contributed by atoms with Crippen LogP contribution >= 0.6 is 0 Å². The molecule has 1 fully saturated rings. The summed E-state index contributed by atoms with van der Waals surface area (Å²) < 4.78 is 13.7. The maximum absolute atomic E-state index is 13.7. The number of halogens is 1. The van der Waals surface area contributed by atoms with Gasteiger partial charge in [0, 0.05) is 41.1 Å². The summed E-state index contributed by atoms with van der Waals surface area (Å²) in [5.41, 5.74) is 4.18. The fraction of sp³-hybridized carbons (Fsp3) is 0.385. The number of nitrogens with zero attached hydrogens (tertiary/aromatic N) is 1. The lowest BCUT2D eigenvalue weighted by atomic mass is 10.1. The fourth-order valence-electron chi connectivity index (χ4n) is 4.53. The van der Waals surface area contributed by atoms with E-state index in [0.717, 1.165) is 47.7 Å². The van der Waals surface area contributed by atoms with Gasteiger partial charge in [-0.25, -0.2) is 4.39 Å². The van der Waals surface area contributed by atoms with Crippen LogP contribution in [0.3, 0.4) is 0 Å². The number of H-pyrrole nitrogens is 1. The largest absolute Gasteiger partial charge is 0.371 e. The highest BCUT2D eigenvalue weighted by atomic mass is 19.1. The zero-order valence-corrected chi connectivity index (χ0v) is 19.2. The summed E-state index contributed by atoms with van der Waals surface area (Å²) in [5, 5.41) is 6.54. The summed E-state index contributed by atoms with van der Waals surface area (Å²) >= 11 is 0. The van der Waals surface area contributed by atoms with E-state index >= 15 is 0 Å². The second kappa shape index (κ2) is 10.1. The number of aromatic amines is 1. The molecule has 4 rings (SSSR count). The second-order valence-corrected chi connectivity index (χ2v) is 8.74. The van der Waals surface area contributed by atoms with Gasteiger partial charge in [-0.15, -0.1) is 0 Å². The third kappa shape index (κ3) is 5.35. The number of rotatable bonds is 8. The van der Waals surface area contributed by atoms with Crippen molar-refractivity contribution in [2.45, 2.75) is 52.0 Å². The number of fused-ring (bicyclic) bond motifs is 1. The molecule has 1 unspecified atom stereocenters. The summed E-state index contributed by atoms with van der Waals surface area (Å²) in [4.78, 5) is 31.4. The van der Waals surface area contributed by atoms with Gasteiger partial charge in [0.15, 0.2) is 0 Å². The number of anilines is 2. The van der Waals surface area contributed by atoms with Crippen molar-refractivity contribution >= 4 is 34.1 Å². The number of carbonyl (C=O) groups is 2. The molecule has 2 aromatic carbocycles. The molecule has 2 heterocycles. The number of aromatic nitrogens is 1. The monoisotopic (exact) mass is 450 g/mol. The summed E-state index contributed by atoms with van der Waals surface area (Å²) in [5.74, 6) is -0.837. The Hall–Kier alpha value is -3.35. The molecule has 33 heavy (non-hydrogen) atoms. The lowest BCUT2D eigenvalue weighted by Gasteiger charge is -2.20. The van der Waals surface area contributed by atoms with Gasteiger partial charge in [0.2, 0.25) is 11.8 Å². The average molecular weight is 451 g/mol. The maximum atomic E-state index is 13.7. The highest BCUT2D eigenvalue weighted by molar-refractivity contribution is 5.98. The molecule has 1 saturated heterocycles. The van der Waals surface area contributed by atoms with Crippen molar-refractivity contribution in [1.29, 1.82) is 0 Å². The van der Waals surface area contributed by atoms with E-state index in [2.05, 4.69) is 26.6 Å². The van der Waals surface area contributed by atoms with Gasteiger partial charge in [-0.2, -0.15) is 0 Å². The molecule has 1 aliphatic heterocycles. The van der Waals surface area contributed by atoms with E-state index in [-0.39, 0.29) is 24.1 Å². The van der Waals surface area contributed by atoms with Gasteiger partial charge >= 0.3 is 0 Å². The van der Waals surface area contributed by atoms with Gasteiger partial charge in [0.25, 0.3) is 0 Å². The lowest BCUT2D eigenvalue weighted by Crippen LogP contribution is -2.44. The molecule has 0 radical (unpaired) electrons. The molecule has 0 spiro atoms. The Labute approximate surface area is 193 Å². The van der Waals surface area contributed by atoms with Crippen LogP contribution in [0.15, 0.2) is 42.5 Å². The first-order valence-electron chi connectivity index (χ1n) is 11.7. The molecular weight excluding hydrogens is 419 g/mol. The van der Waals surface area contributed by atoms with Crippen LogP contribution in [0.4, 0.5) is 15.8 Å². The molecule has 1 aromatic heterocycles. The summed E-state index contributed by atoms with van der Waals surface area (Å²) in [6.45, 7) is 5.91. The molecular formula is C26H31FN4O2. The standard InChI is InChI=1S/C26H31FN4O2/c1-3-7-24(26(33)29-19-8-6-9-20(15-19)31-12-4-5-13-31)30-25(32)16-21-17(2)28-23-11-10-18(27)14-22(21)23/h6,8-11,14-15,24,28H,3-5,7,12-13,16H2,1-2H3,(H,29,33)(H,30,32). The van der Waals surface area contributed by atoms with Crippen LogP contribution in [-0.4, -0.2) is 35.9 Å². The van der Waals surface area contributed by atoms with Crippen LogP contribution in [0.25, 0.3) is 10.9 Å². The Kier molecular flexibility index (Phi) is 6.96. The van der Waals surface area contributed by atoms with E-state index in [1.165, 1.54) is 25.0 Å². The van der Waals surface area contributed by atoms with E-state index in [1.54, 1.807) is 6.07 Å². The van der Waals surface area contributed by atoms with E-state index in [4.69, 9.17) is 0 Å². The molecule has 0 aliphatic carbocycles. The van der Waals surface area contributed by atoms with Crippen LogP contribution in [0.5, 0.6) is 0 Å². The third-order valence-electron chi connectivity index (χ3n) is 6.23. The predicted molar refractivity (Wildman–Crippen MR) is 130 cm³/mol. The van der Waals surface area contributed by atoms with E-state index in [9.17, 15) is 14.0 Å². The molecule has 1 atom stereocenters. The number of hydrogen-bond donors (Lipinski definition) is 3. The van der Waals surface area contributed by atoms with Gasteiger partial charge in [-0.3, -0.25) is 9.59 Å². The van der Waals surface area contributed by atoms with Crippen LogP contribution in [0.1, 0.15) is 43.9 Å². The minimum Gasteiger partial charge on any atom is -0.371 e. The van der Waals surface area contributed by atoms with Crippen LogP contribution in [0, 0.1) is 12.7 Å². The van der Waals surface area contributed by atoms with E-state index < -0.39 is 6.04 Å². The first kappa shape index (κ1) is 22.8.